The van der Waals surface area contributed by atoms with E-state index < -0.39 is 15.8 Å². The summed E-state index contributed by atoms with van der Waals surface area (Å²) in [6.45, 7) is 5.49. The molecule has 0 amide bonds. The van der Waals surface area contributed by atoms with Gasteiger partial charge in [0.05, 0.1) is 4.75 Å². The minimum Gasteiger partial charge on any atom is -0.234 e. The van der Waals surface area contributed by atoms with E-state index in [2.05, 4.69) is 4.40 Å². The van der Waals surface area contributed by atoms with Gasteiger partial charge in [-0.2, -0.15) is 4.40 Å². The van der Waals surface area contributed by atoms with Crippen LogP contribution in [0, 0.1) is 0 Å². The Morgan fingerprint density at radius 1 is 1.45 bits per heavy atom. The van der Waals surface area contributed by atoms with Crippen molar-refractivity contribution >= 4 is 40.4 Å². The normalized spacial score (nSPS) is 16.2. The molecule has 0 aromatic heterocycles. The van der Waals surface area contributed by atoms with Crippen molar-refractivity contribution in [3.8, 4) is 0 Å². The molecular formula is C6H11Cl2NOS. The van der Waals surface area contributed by atoms with Crippen molar-refractivity contribution in [3.63, 3.8) is 0 Å². The SMILES string of the molecule is CC(C)(C)S(=O)/N=C/C(Cl)Cl. The summed E-state index contributed by atoms with van der Waals surface area (Å²) in [7, 11) is -1.26. The average molecular weight is 216 g/mol. The molecule has 0 saturated heterocycles. The van der Waals surface area contributed by atoms with Gasteiger partial charge in [0.2, 0.25) is 0 Å². The molecule has 0 bridgehead atoms. The number of hydrogen-bond acceptors (Lipinski definition) is 1. The van der Waals surface area contributed by atoms with E-state index in [4.69, 9.17) is 23.2 Å². The van der Waals surface area contributed by atoms with Crippen molar-refractivity contribution in [2.45, 2.75) is 30.4 Å². The average Bonchev–Trinajstić information content (AvgIpc) is 1.80. The van der Waals surface area contributed by atoms with Crippen LogP contribution in [0.4, 0.5) is 0 Å². The molecule has 0 aromatic carbocycles. The quantitative estimate of drug-likeness (QED) is 0.514. The van der Waals surface area contributed by atoms with Gasteiger partial charge >= 0.3 is 0 Å². The number of rotatable bonds is 2. The maximum absolute atomic E-state index is 11.2. The molecule has 0 aliphatic carbocycles. The van der Waals surface area contributed by atoms with Crippen molar-refractivity contribution in [2.24, 2.45) is 4.40 Å². The summed E-state index contributed by atoms with van der Waals surface area (Å²) in [4.78, 5) is -0.679. The fourth-order valence-corrected chi connectivity index (χ4v) is 1.05. The van der Waals surface area contributed by atoms with Crippen molar-refractivity contribution in [1.82, 2.24) is 0 Å². The summed E-state index contributed by atoms with van der Waals surface area (Å²) in [6.07, 6.45) is 1.27. The molecule has 11 heavy (non-hydrogen) atoms. The van der Waals surface area contributed by atoms with E-state index in [9.17, 15) is 4.21 Å². The van der Waals surface area contributed by atoms with Gasteiger partial charge in [-0.25, -0.2) is 4.21 Å². The third-order valence-corrected chi connectivity index (χ3v) is 2.38. The zero-order valence-corrected chi connectivity index (χ0v) is 9.00. The first-order valence-corrected chi connectivity index (χ1v) is 5.06. The second-order valence-electron chi connectivity index (χ2n) is 2.95. The fraction of sp³-hybridized carbons (Fsp3) is 0.833. The summed E-state index contributed by atoms with van der Waals surface area (Å²) in [5.41, 5.74) is 0. The van der Waals surface area contributed by atoms with Crippen molar-refractivity contribution < 1.29 is 4.21 Å². The third kappa shape index (κ3) is 5.65. The van der Waals surface area contributed by atoms with Crippen LogP contribution in [0.1, 0.15) is 20.8 Å². The van der Waals surface area contributed by atoms with Gasteiger partial charge in [-0.15, -0.1) is 0 Å². The molecular weight excluding hydrogens is 205 g/mol. The van der Waals surface area contributed by atoms with Crippen LogP contribution in [0.2, 0.25) is 0 Å². The van der Waals surface area contributed by atoms with E-state index in [1.54, 1.807) is 0 Å². The largest absolute Gasteiger partial charge is 0.234 e. The molecule has 0 aliphatic rings. The predicted octanol–water partition coefficient (Wildman–Crippen LogP) is 2.32. The minimum absolute atomic E-state index is 0.348. The highest BCUT2D eigenvalue weighted by Gasteiger charge is 2.18. The van der Waals surface area contributed by atoms with Gasteiger partial charge in [0, 0.05) is 6.21 Å². The van der Waals surface area contributed by atoms with Gasteiger partial charge in [-0.05, 0) is 20.8 Å². The molecule has 1 unspecified atom stereocenters. The Kier molecular flexibility index (Phi) is 4.59. The van der Waals surface area contributed by atoms with Gasteiger partial charge in [-0.1, -0.05) is 23.2 Å². The lowest BCUT2D eigenvalue weighted by Gasteiger charge is -2.12. The van der Waals surface area contributed by atoms with Crippen LogP contribution in [-0.4, -0.2) is 20.0 Å². The second-order valence-corrected chi connectivity index (χ2v) is 6.05. The number of hydrogen-bond donors (Lipinski definition) is 0. The Morgan fingerprint density at radius 3 is 2.18 bits per heavy atom. The van der Waals surface area contributed by atoms with E-state index in [1.165, 1.54) is 6.21 Å². The highest BCUT2D eigenvalue weighted by molar-refractivity contribution is 7.85. The Bertz CT molecular complexity index is 174. The van der Waals surface area contributed by atoms with E-state index in [0.29, 0.717) is 0 Å². The van der Waals surface area contributed by atoms with Crippen LogP contribution >= 0.6 is 23.2 Å². The fourth-order valence-electron chi connectivity index (χ4n) is 0.259. The molecule has 0 radical (unpaired) electrons. The first kappa shape index (κ1) is 11.4. The molecule has 0 rings (SSSR count). The summed E-state index contributed by atoms with van der Waals surface area (Å²) >= 11 is 10.7. The molecule has 0 aromatic rings. The summed E-state index contributed by atoms with van der Waals surface area (Å²) in [5.74, 6) is 0. The zero-order valence-electron chi connectivity index (χ0n) is 6.67. The van der Waals surface area contributed by atoms with E-state index in [0.717, 1.165) is 0 Å². The lowest BCUT2D eigenvalue weighted by atomic mass is 10.3. The molecule has 0 N–H and O–H groups in total. The molecule has 66 valence electrons. The molecule has 0 heterocycles. The lowest BCUT2D eigenvalue weighted by molar-refractivity contribution is 0.651. The molecule has 5 heteroatoms. The van der Waals surface area contributed by atoms with Crippen LogP contribution in [0.5, 0.6) is 0 Å². The first-order valence-electron chi connectivity index (χ1n) is 3.08. The van der Waals surface area contributed by atoms with Crippen LogP contribution in [0.25, 0.3) is 0 Å². The van der Waals surface area contributed by atoms with E-state index >= 15 is 0 Å². The highest BCUT2D eigenvalue weighted by atomic mass is 35.5. The monoisotopic (exact) mass is 215 g/mol. The maximum Gasteiger partial charge on any atom is 0.144 e. The van der Waals surface area contributed by atoms with Crippen LogP contribution in [0.15, 0.2) is 4.40 Å². The molecule has 0 saturated carbocycles. The van der Waals surface area contributed by atoms with Gasteiger partial charge in [-0.3, -0.25) is 0 Å². The van der Waals surface area contributed by atoms with Crippen molar-refractivity contribution in [3.05, 3.63) is 0 Å². The highest BCUT2D eigenvalue weighted by Crippen LogP contribution is 2.12. The third-order valence-electron chi connectivity index (χ3n) is 0.793. The van der Waals surface area contributed by atoms with Crippen molar-refractivity contribution in [1.29, 1.82) is 0 Å². The van der Waals surface area contributed by atoms with Crippen LogP contribution < -0.4 is 0 Å². The molecule has 0 aliphatic heterocycles. The van der Waals surface area contributed by atoms with Crippen molar-refractivity contribution in [2.75, 3.05) is 0 Å². The van der Waals surface area contributed by atoms with Gasteiger partial charge in [0.1, 0.15) is 15.8 Å². The number of nitrogens with zero attached hydrogens (tertiary/aromatic N) is 1. The summed E-state index contributed by atoms with van der Waals surface area (Å²) in [5, 5.41) is 0. The summed E-state index contributed by atoms with van der Waals surface area (Å²) < 4.78 is 14.5. The maximum atomic E-state index is 11.2. The number of alkyl halides is 2. The van der Waals surface area contributed by atoms with Gasteiger partial charge < -0.3 is 0 Å². The standard InChI is InChI=1S/C6H11Cl2NOS/c1-6(2,3)11(10)9-4-5(7)8/h4-5H,1-3H3/b9-4+. The Morgan fingerprint density at radius 2 is 1.91 bits per heavy atom. The molecule has 0 fully saturated rings. The molecule has 1 atom stereocenters. The van der Waals surface area contributed by atoms with E-state index in [-0.39, 0.29) is 4.75 Å². The summed E-state index contributed by atoms with van der Waals surface area (Å²) in [6, 6.07) is 0. The Labute approximate surface area is 79.6 Å². The van der Waals surface area contributed by atoms with Gasteiger partial charge in [0.25, 0.3) is 0 Å². The van der Waals surface area contributed by atoms with Crippen LogP contribution in [0.3, 0.4) is 0 Å². The topological polar surface area (TPSA) is 29.4 Å². The first-order chi connectivity index (χ1) is 4.84. The molecule has 2 nitrogen and oxygen atoms in total. The number of halogens is 2. The minimum atomic E-state index is -1.26. The van der Waals surface area contributed by atoms with Crippen LogP contribution in [-0.2, 0) is 11.0 Å². The lowest BCUT2D eigenvalue weighted by Crippen LogP contribution is -2.19. The molecule has 0 spiro atoms. The predicted molar refractivity (Wildman–Crippen MR) is 51.9 cm³/mol. The zero-order chi connectivity index (χ0) is 9.07. The van der Waals surface area contributed by atoms with E-state index in [1.807, 2.05) is 20.8 Å². The Hall–Kier alpha value is 0.400. The smallest absolute Gasteiger partial charge is 0.144 e. The van der Waals surface area contributed by atoms with Gasteiger partial charge in [0.15, 0.2) is 0 Å². The Balaban J connectivity index is 4.09. The second kappa shape index (κ2) is 4.43.